The molecule has 5 atom stereocenters. The van der Waals surface area contributed by atoms with Gasteiger partial charge in [0.1, 0.15) is 36.4 Å². The van der Waals surface area contributed by atoms with Crippen LogP contribution in [0.15, 0.2) is 175 Å². The molecule has 0 radical (unpaired) electrons. The summed E-state index contributed by atoms with van der Waals surface area (Å²) in [5, 5.41) is 16.4. The number of benzene rings is 6. The minimum absolute atomic E-state index is 0.0470. The Morgan fingerprint density at radius 2 is 1.07 bits per heavy atom. The lowest BCUT2D eigenvalue weighted by Crippen LogP contribution is -2.55. The van der Waals surface area contributed by atoms with Crippen LogP contribution in [0, 0.1) is 0 Å². The molecule has 9 nitrogen and oxygen atoms in total. The van der Waals surface area contributed by atoms with Crippen molar-refractivity contribution in [2.75, 3.05) is 11.9 Å². The maximum absolute atomic E-state index is 14.8. The highest BCUT2D eigenvalue weighted by atomic mass is 16.6. The molecule has 6 aromatic carbocycles. The Balaban J connectivity index is 1.25. The van der Waals surface area contributed by atoms with E-state index in [1.165, 1.54) is 0 Å². The zero-order valence-corrected chi connectivity index (χ0v) is 31.5. The number of nitrogens with one attached hydrogen (secondary N) is 1. The van der Waals surface area contributed by atoms with E-state index in [1.807, 2.05) is 164 Å². The van der Waals surface area contributed by atoms with Crippen LogP contribution in [0.3, 0.4) is 0 Å². The first-order valence-corrected chi connectivity index (χ1v) is 19.3. The zero-order valence-electron chi connectivity index (χ0n) is 31.5. The third-order valence-corrected chi connectivity index (χ3v) is 10.2. The molecule has 5 unspecified atom stereocenters. The summed E-state index contributed by atoms with van der Waals surface area (Å²) >= 11 is 0. The number of rotatable bonds is 17. The first-order chi connectivity index (χ1) is 28.1. The fraction of sp³-hybridized carbons (Fsp3) is 0.208. The maximum atomic E-state index is 14.8. The minimum atomic E-state index is -1.16. The number of anilines is 1. The Morgan fingerprint density at radius 3 is 1.68 bits per heavy atom. The standard InChI is InChI=1S/C48H45N3O6/c52-42(33-54-29-34-17-5-1-6-18-34)43(55-30-35-19-7-2-8-20-35)44(56-31-36-21-9-3-10-22-36)45(57-32-37-23-11-4-12-24-37)47-50-40-27-15-13-25-38(40)46-49-41-28-16-14-26-39(41)48(53)51(46)47/h1-28,42-45,47,50,52H,29-33H2. The normalized spacial score (nSPS) is 15.5. The summed E-state index contributed by atoms with van der Waals surface area (Å²) in [4.78, 5) is 19.8. The number of nitrogens with zero attached hydrogens (tertiary/aromatic N) is 2. The van der Waals surface area contributed by atoms with E-state index in [4.69, 9.17) is 23.9 Å². The van der Waals surface area contributed by atoms with Crippen molar-refractivity contribution in [1.82, 2.24) is 9.55 Å². The average Bonchev–Trinajstić information content (AvgIpc) is 3.26. The van der Waals surface area contributed by atoms with Crippen LogP contribution in [0.5, 0.6) is 0 Å². The highest BCUT2D eigenvalue weighted by Gasteiger charge is 2.44. The van der Waals surface area contributed by atoms with Crippen molar-refractivity contribution < 1.29 is 24.1 Å². The summed E-state index contributed by atoms with van der Waals surface area (Å²) in [5.74, 6) is 0.502. The third-order valence-electron chi connectivity index (χ3n) is 10.2. The van der Waals surface area contributed by atoms with Gasteiger partial charge in [-0.2, -0.15) is 0 Å². The van der Waals surface area contributed by atoms with Gasteiger partial charge in [0.25, 0.3) is 5.56 Å². The Labute approximate surface area is 332 Å². The zero-order chi connectivity index (χ0) is 38.8. The number of fused-ring (bicyclic) bond motifs is 4. The van der Waals surface area contributed by atoms with E-state index in [0.717, 1.165) is 33.5 Å². The Morgan fingerprint density at radius 1 is 0.579 bits per heavy atom. The lowest BCUT2D eigenvalue weighted by molar-refractivity contribution is -0.194. The van der Waals surface area contributed by atoms with Gasteiger partial charge < -0.3 is 29.4 Å². The van der Waals surface area contributed by atoms with E-state index < -0.39 is 30.6 Å². The predicted molar refractivity (Wildman–Crippen MR) is 221 cm³/mol. The van der Waals surface area contributed by atoms with Crippen LogP contribution in [0.4, 0.5) is 5.69 Å². The number of para-hydroxylation sites is 2. The van der Waals surface area contributed by atoms with Gasteiger partial charge in [-0.25, -0.2) is 4.98 Å². The maximum Gasteiger partial charge on any atom is 0.263 e. The number of ether oxygens (including phenoxy) is 4. The summed E-state index contributed by atoms with van der Waals surface area (Å²) in [7, 11) is 0. The van der Waals surface area contributed by atoms with Gasteiger partial charge in [0.05, 0.1) is 43.9 Å². The quantitative estimate of drug-likeness (QED) is 0.0956. The fourth-order valence-electron chi connectivity index (χ4n) is 7.28. The van der Waals surface area contributed by atoms with E-state index in [-0.39, 0.29) is 32.0 Å². The lowest BCUT2D eigenvalue weighted by atomic mass is 9.97. The molecule has 57 heavy (non-hydrogen) atoms. The Hall–Kier alpha value is -5.94. The number of aliphatic hydroxyl groups excluding tert-OH is 1. The monoisotopic (exact) mass is 759 g/mol. The summed E-state index contributed by atoms with van der Waals surface area (Å²) in [6.45, 7) is 0.805. The molecule has 0 aliphatic carbocycles. The van der Waals surface area contributed by atoms with Crippen molar-refractivity contribution in [3.8, 4) is 11.4 Å². The highest BCUT2D eigenvalue weighted by Crippen LogP contribution is 2.38. The van der Waals surface area contributed by atoms with Crippen LogP contribution in [-0.2, 0) is 45.4 Å². The smallest absolute Gasteiger partial charge is 0.263 e. The molecular formula is C48H45N3O6. The molecule has 0 amide bonds. The van der Waals surface area contributed by atoms with E-state index in [0.29, 0.717) is 23.3 Å². The van der Waals surface area contributed by atoms with Crippen molar-refractivity contribution in [3.63, 3.8) is 0 Å². The number of hydrogen-bond acceptors (Lipinski definition) is 8. The molecule has 0 bridgehead atoms. The first-order valence-electron chi connectivity index (χ1n) is 19.3. The van der Waals surface area contributed by atoms with Gasteiger partial charge in [0.2, 0.25) is 0 Å². The largest absolute Gasteiger partial charge is 0.388 e. The van der Waals surface area contributed by atoms with Gasteiger partial charge >= 0.3 is 0 Å². The molecule has 2 N–H and O–H groups in total. The summed E-state index contributed by atoms with van der Waals surface area (Å²) in [5.41, 5.74) is 5.69. The second-order valence-electron chi connectivity index (χ2n) is 14.1. The van der Waals surface area contributed by atoms with Crippen molar-refractivity contribution in [2.24, 2.45) is 0 Å². The second kappa shape index (κ2) is 18.3. The van der Waals surface area contributed by atoms with Crippen LogP contribution >= 0.6 is 0 Å². The van der Waals surface area contributed by atoms with Crippen LogP contribution in [0.2, 0.25) is 0 Å². The first kappa shape index (κ1) is 38.0. The van der Waals surface area contributed by atoms with Gasteiger partial charge in [-0.15, -0.1) is 0 Å². The molecule has 0 saturated heterocycles. The van der Waals surface area contributed by atoms with Crippen LogP contribution in [-0.4, -0.2) is 45.7 Å². The Kier molecular flexibility index (Phi) is 12.2. The second-order valence-corrected chi connectivity index (χ2v) is 14.1. The van der Waals surface area contributed by atoms with E-state index >= 15 is 0 Å². The van der Waals surface area contributed by atoms with Crippen LogP contribution in [0.1, 0.15) is 28.4 Å². The van der Waals surface area contributed by atoms with E-state index in [9.17, 15) is 9.90 Å². The number of hydrogen-bond donors (Lipinski definition) is 2. The number of aromatic nitrogens is 2. The summed E-state index contributed by atoms with van der Waals surface area (Å²) in [6, 6.07) is 54.5. The van der Waals surface area contributed by atoms with Gasteiger partial charge in [-0.05, 0) is 46.5 Å². The predicted octanol–water partition coefficient (Wildman–Crippen LogP) is 8.32. The van der Waals surface area contributed by atoms with E-state index in [1.54, 1.807) is 10.6 Å². The lowest BCUT2D eigenvalue weighted by Gasteiger charge is -2.42. The highest BCUT2D eigenvalue weighted by molar-refractivity contribution is 5.83. The molecule has 1 aromatic heterocycles. The molecule has 8 rings (SSSR count). The summed E-state index contributed by atoms with van der Waals surface area (Å²) < 4.78 is 28.5. The fourth-order valence-corrected chi connectivity index (χ4v) is 7.28. The Bertz CT molecular complexity index is 2400. The molecule has 0 fully saturated rings. The van der Waals surface area contributed by atoms with Crippen molar-refractivity contribution in [2.45, 2.75) is 57.0 Å². The van der Waals surface area contributed by atoms with Crippen LogP contribution in [0.25, 0.3) is 22.3 Å². The molecule has 2 heterocycles. The van der Waals surface area contributed by atoms with Crippen molar-refractivity contribution in [3.05, 3.63) is 202 Å². The van der Waals surface area contributed by atoms with Gasteiger partial charge in [0.15, 0.2) is 0 Å². The van der Waals surface area contributed by atoms with Gasteiger partial charge in [-0.3, -0.25) is 9.36 Å². The SMILES string of the molecule is O=c1c2ccccc2nc2n1C(C(OCc1ccccc1)C(OCc1ccccc1)C(OCc1ccccc1)C(O)COCc1ccccc1)Nc1ccccc1-2. The molecule has 7 aromatic rings. The molecule has 9 heteroatoms. The van der Waals surface area contributed by atoms with Gasteiger partial charge in [0, 0.05) is 11.3 Å². The average molecular weight is 760 g/mol. The third kappa shape index (κ3) is 9.05. The molecular weight excluding hydrogens is 715 g/mol. The molecule has 288 valence electrons. The topological polar surface area (TPSA) is 104 Å². The molecule has 1 aliphatic heterocycles. The van der Waals surface area contributed by atoms with Gasteiger partial charge in [-0.1, -0.05) is 146 Å². The van der Waals surface area contributed by atoms with Crippen LogP contribution < -0.4 is 10.9 Å². The molecule has 1 aliphatic rings. The van der Waals surface area contributed by atoms with Crippen molar-refractivity contribution >= 4 is 16.6 Å². The number of aliphatic hydroxyl groups is 1. The summed E-state index contributed by atoms with van der Waals surface area (Å²) in [6.07, 6.45) is -4.88. The molecule has 0 spiro atoms. The minimum Gasteiger partial charge on any atom is -0.388 e. The van der Waals surface area contributed by atoms with E-state index in [2.05, 4.69) is 5.32 Å². The molecule has 0 saturated carbocycles. The van der Waals surface area contributed by atoms with Crippen molar-refractivity contribution in [1.29, 1.82) is 0 Å².